The van der Waals surface area contributed by atoms with Gasteiger partial charge >= 0.3 is 0 Å². The van der Waals surface area contributed by atoms with Crippen LogP contribution in [0, 0.1) is 0 Å². The standard InChI is InChI=1S/C12H12N2O/c1-2-8-5-10-6-9(12(13)15)3-4-11(10)14-7-8/h3-7H,2H2,1H3,(H2,13,15)/p+1. The van der Waals surface area contributed by atoms with Crippen LogP contribution >= 0.6 is 0 Å². The van der Waals surface area contributed by atoms with Crippen molar-refractivity contribution in [3.05, 3.63) is 41.6 Å². The van der Waals surface area contributed by atoms with E-state index in [2.05, 4.69) is 18.0 Å². The molecule has 0 radical (unpaired) electrons. The second-order valence-corrected chi connectivity index (χ2v) is 3.53. The lowest BCUT2D eigenvalue weighted by molar-refractivity contribution is -0.345. The minimum Gasteiger partial charge on any atom is -0.366 e. The Labute approximate surface area is 87.9 Å². The van der Waals surface area contributed by atoms with Gasteiger partial charge in [-0.25, -0.2) is 4.98 Å². The Hall–Kier alpha value is -1.90. The van der Waals surface area contributed by atoms with Crippen molar-refractivity contribution in [1.29, 1.82) is 0 Å². The number of nitrogens with two attached hydrogens (primary N) is 1. The highest BCUT2D eigenvalue weighted by Gasteiger charge is 2.06. The first-order chi connectivity index (χ1) is 7.20. The van der Waals surface area contributed by atoms with Gasteiger partial charge in [0.05, 0.1) is 0 Å². The normalized spacial score (nSPS) is 10.5. The van der Waals surface area contributed by atoms with E-state index in [1.165, 1.54) is 5.56 Å². The number of primary amides is 1. The number of fused-ring (bicyclic) bond motifs is 1. The van der Waals surface area contributed by atoms with Gasteiger partial charge in [0.15, 0.2) is 6.20 Å². The molecule has 0 spiro atoms. The summed E-state index contributed by atoms with van der Waals surface area (Å²) in [7, 11) is 0. The third kappa shape index (κ3) is 1.81. The van der Waals surface area contributed by atoms with Crippen LogP contribution in [0.3, 0.4) is 0 Å². The zero-order chi connectivity index (χ0) is 10.8. The monoisotopic (exact) mass is 201 g/mol. The molecule has 0 atom stereocenters. The van der Waals surface area contributed by atoms with Crippen LogP contribution in [0.25, 0.3) is 10.9 Å². The van der Waals surface area contributed by atoms with Crippen LogP contribution in [0.4, 0.5) is 0 Å². The number of hydrogen-bond acceptors (Lipinski definition) is 1. The lowest BCUT2D eigenvalue weighted by atomic mass is 10.1. The largest absolute Gasteiger partial charge is 0.366 e. The molecule has 0 aliphatic carbocycles. The number of aryl methyl sites for hydroxylation is 1. The number of nitrogens with one attached hydrogen (secondary N) is 1. The van der Waals surface area contributed by atoms with Gasteiger partial charge in [0.25, 0.3) is 0 Å². The van der Waals surface area contributed by atoms with Gasteiger partial charge in [0, 0.05) is 22.6 Å². The smallest absolute Gasteiger partial charge is 0.248 e. The molecule has 0 saturated heterocycles. The zero-order valence-corrected chi connectivity index (χ0v) is 8.58. The van der Waals surface area contributed by atoms with E-state index < -0.39 is 0 Å². The summed E-state index contributed by atoms with van der Waals surface area (Å²) < 4.78 is 0. The molecular formula is C12H13N2O+. The van der Waals surface area contributed by atoms with E-state index in [4.69, 9.17) is 5.73 Å². The first kappa shape index (κ1) is 9.65. The fourth-order valence-electron chi connectivity index (χ4n) is 1.58. The molecule has 0 aliphatic heterocycles. The van der Waals surface area contributed by atoms with Crippen molar-refractivity contribution in [3.8, 4) is 0 Å². The molecule has 0 unspecified atom stereocenters. The fraction of sp³-hybridized carbons (Fsp3) is 0.167. The van der Waals surface area contributed by atoms with Crippen molar-refractivity contribution in [1.82, 2.24) is 0 Å². The summed E-state index contributed by atoms with van der Waals surface area (Å²) in [5, 5.41) is 1.02. The Balaban J connectivity index is 2.62. The fourth-order valence-corrected chi connectivity index (χ4v) is 1.58. The number of carbonyl (C=O) groups excluding carboxylic acids is 1. The van der Waals surface area contributed by atoms with E-state index in [0.29, 0.717) is 5.56 Å². The number of carbonyl (C=O) groups is 1. The Bertz CT molecular complexity index is 520. The van der Waals surface area contributed by atoms with Crippen LogP contribution in [-0.2, 0) is 6.42 Å². The van der Waals surface area contributed by atoms with E-state index in [1.807, 2.05) is 18.3 Å². The maximum atomic E-state index is 11.0. The molecular weight excluding hydrogens is 188 g/mol. The molecule has 0 aliphatic rings. The number of aromatic amines is 1. The van der Waals surface area contributed by atoms with Crippen LogP contribution < -0.4 is 10.7 Å². The topological polar surface area (TPSA) is 57.2 Å². The van der Waals surface area contributed by atoms with Gasteiger partial charge in [-0.3, -0.25) is 4.79 Å². The predicted molar refractivity (Wildman–Crippen MR) is 58.4 cm³/mol. The molecule has 1 heterocycles. The van der Waals surface area contributed by atoms with Crippen molar-refractivity contribution in [2.24, 2.45) is 5.73 Å². The Kier molecular flexibility index (Phi) is 2.37. The van der Waals surface area contributed by atoms with Gasteiger partial charge in [-0.15, -0.1) is 0 Å². The Morgan fingerprint density at radius 3 is 2.87 bits per heavy atom. The number of rotatable bonds is 2. The number of pyridine rings is 1. The maximum Gasteiger partial charge on any atom is 0.248 e. The minimum absolute atomic E-state index is 0.390. The second-order valence-electron chi connectivity index (χ2n) is 3.53. The molecule has 0 saturated carbocycles. The number of benzene rings is 1. The SMILES string of the molecule is CCc1c[nH+]c2ccc(C(N)=O)cc2c1. The van der Waals surface area contributed by atoms with Crippen LogP contribution in [-0.4, -0.2) is 5.91 Å². The molecule has 2 rings (SSSR count). The average molecular weight is 201 g/mol. The van der Waals surface area contributed by atoms with Crippen LogP contribution in [0.15, 0.2) is 30.5 Å². The molecule has 3 nitrogen and oxygen atoms in total. The third-order valence-electron chi connectivity index (χ3n) is 2.50. The maximum absolute atomic E-state index is 11.0. The molecule has 1 amide bonds. The summed E-state index contributed by atoms with van der Waals surface area (Å²) in [6.07, 6.45) is 2.94. The quantitative estimate of drug-likeness (QED) is 0.782. The second kappa shape index (κ2) is 3.69. The van der Waals surface area contributed by atoms with Gasteiger partial charge in [0.1, 0.15) is 0 Å². The molecule has 2 aromatic rings. The summed E-state index contributed by atoms with van der Waals surface area (Å²) >= 11 is 0. The zero-order valence-electron chi connectivity index (χ0n) is 8.58. The molecule has 3 N–H and O–H groups in total. The van der Waals surface area contributed by atoms with E-state index in [0.717, 1.165) is 17.3 Å². The first-order valence-electron chi connectivity index (χ1n) is 4.95. The highest BCUT2D eigenvalue weighted by Crippen LogP contribution is 2.13. The highest BCUT2D eigenvalue weighted by molar-refractivity contribution is 5.96. The Morgan fingerprint density at radius 1 is 1.40 bits per heavy atom. The van der Waals surface area contributed by atoms with Crippen LogP contribution in [0.5, 0.6) is 0 Å². The van der Waals surface area contributed by atoms with Crippen molar-refractivity contribution < 1.29 is 9.78 Å². The van der Waals surface area contributed by atoms with Crippen LogP contribution in [0.2, 0.25) is 0 Å². The van der Waals surface area contributed by atoms with Gasteiger partial charge in [-0.2, -0.15) is 0 Å². The third-order valence-corrected chi connectivity index (χ3v) is 2.50. The molecule has 76 valence electrons. The first-order valence-corrected chi connectivity index (χ1v) is 4.95. The molecule has 1 aromatic carbocycles. The van der Waals surface area contributed by atoms with Crippen molar-refractivity contribution in [2.45, 2.75) is 13.3 Å². The molecule has 3 heteroatoms. The average Bonchev–Trinajstić information content (AvgIpc) is 2.27. The van der Waals surface area contributed by atoms with E-state index >= 15 is 0 Å². The summed E-state index contributed by atoms with van der Waals surface area (Å²) in [6, 6.07) is 7.48. The molecule has 15 heavy (non-hydrogen) atoms. The lowest BCUT2D eigenvalue weighted by Gasteiger charge is -1.98. The number of aromatic nitrogens is 1. The van der Waals surface area contributed by atoms with Crippen molar-refractivity contribution in [3.63, 3.8) is 0 Å². The minimum atomic E-state index is -0.390. The molecule has 0 fully saturated rings. The van der Waals surface area contributed by atoms with Crippen LogP contribution in [0.1, 0.15) is 22.8 Å². The van der Waals surface area contributed by atoms with E-state index in [9.17, 15) is 4.79 Å². The van der Waals surface area contributed by atoms with Gasteiger partial charge < -0.3 is 5.73 Å². The number of hydrogen-bond donors (Lipinski definition) is 1. The molecule has 0 bridgehead atoms. The van der Waals surface area contributed by atoms with Gasteiger partial charge in [0.2, 0.25) is 11.4 Å². The Morgan fingerprint density at radius 2 is 2.20 bits per heavy atom. The van der Waals surface area contributed by atoms with Crippen molar-refractivity contribution in [2.75, 3.05) is 0 Å². The number of amides is 1. The van der Waals surface area contributed by atoms with Crippen molar-refractivity contribution >= 4 is 16.8 Å². The molecule has 1 aromatic heterocycles. The van der Waals surface area contributed by atoms with E-state index in [-0.39, 0.29) is 5.91 Å². The van der Waals surface area contributed by atoms with Gasteiger partial charge in [-0.1, -0.05) is 6.92 Å². The number of H-pyrrole nitrogens is 1. The predicted octanol–water partition coefficient (Wildman–Crippen LogP) is 1.32. The summed E-state index contributed by atoms with van der Waals surface area (Å²) in [5.74, 6) is -0.390. The summed E-state index contributed by atoms with van der Waals surface area (Å²) in [4.78, 5) is 14.2. The lowest BCUT2D eigenvalue weighted by Crippen LogP contribution is -2.12. The highest BCUT2D eigenvalue weighted by atomic mass is 16.1. The summed E-state index contributed by atoms with van der Waals surface area (Å²) in [6.45, 7) is 2.09. The van der Waals surface area contributed by atoms with Gasteiger partial charge in [-0.05, 0) is 24.6 Å². The van der Waals surface area contributed by atoms with E-state index in [1.54, 1.807) is 6.07 Å². The summed E-state index contributed by atoms with van der Waals surface area (Å²) in [5.41, 5.74) is 8.00.